The average Bonchev–Trinajstić information content (AvgIpc) is 3.03. The van der Waals surface area contributed by atoms with Crippen molar-refractivity contribution < 1.29 is 0 Å². The lowest BCUT2D eigenvalue weighted by molar-refractivity contribution is 0.891. The highest BCUT2D eigenvalue weighted by atomic mass is 35.5. The van der Waals surface area contributed by atoms with E-state index in [2.05, 4.69) is 71.0 Å². The summed E-state index contributed by atoms with van der Waals surface area (Å²) in [4.78, 5) is 0. The van der Waals surface area contributed by atoms with Gasteiger partial charge in [0.2, 0.25) is 0 Å². The Morgan fingerprint density at radius 2 is 1.28 bits per heavy atom. The molecule has 0 amide bonds. The summed E-state index contributed by atoms with van der Waals surface area (Å²) in [5.41, 5.74) is 11.5. The van der Waals surface area contributed by atoms with Crippen LogP contribution in [0.3, 0.4) is 0 Å². The molecule has 146 valence electrons. The van der Waals surface area contributed by atoms with Crippen LogP contribution in [0.1, 0.15) is 27.8 Å². The quantitative estimate of drug-likeness (QED) is 0.350. The van der Waals surface area contributed by atoms with Crippen molar-refractivity contribution in [3.8, 4) is 28.2 Å². The molecule has 0 aliphatic heterocycles. The smallest absolute Gasteiger partial charge is 0.0963 e. The first-order chi connectivity index (χ1) is 13.9. The summed E-state index contributed by atoms with van der Waals surface area (Å²) in [6, 6.07) is 21.0. The van der Waals surface area contributed by atoms with Gasteiger partial charge in [-0.1, -0.05) is 48.0 Å². The van der Waals surface area contributed by atoms with E-state index < -0.39 is 0 Å². The van der Waals surface area contributed by atoms with Crippen molar-refractivity contribution in [2.24, 2.45) is 0 Å². The molecular formula is C26H25ClN2. The number of hydrogen-bond donors (Lipinski definition) is 0. The minimum absolute atomic E-state index is 0.687. The van der Waals surface area contributed by atoms with Crippen molar-refractivity contribution in [1.82, 2.24) is 9.78 Å². The molecule has 29 heavy (non-hydrogen) atoms. The normalized spacial score (nSPS) is 11.1. The first-order valence-electron chi connectivity index (χ1n) is 9.86. The molecule has 4 rings (SSSR count). The Balaban J connectivity index is 2.02. The second kappa shape index (κ2) is 7.53. The zero-order valence-corrected chi connectivity index (χ0v) is 18.3. The van der Waals surface area contributed by atoms with Crippen molar-refractivity contribution in [1.29, 1.82) is 0 Å². The van der Waals surface area contributed by atoms with E-state index in [1.54, 1.807) is 0 Å². The lowest BCUT2D eigenvalue weighted by Gasteiger charge is -2.11. The second-order valence-electron chi connectivity index (χ2n) is 7.78. The van der Waals surface area contributed by atoms with E-state index in [9.17, 15) is 0 Å². The molecule has 2 nitrogen and oxygen atoms in total. The van der Waals surface area contributed by atoms with Crippen LogP contribution in [-0.2, 0) is 0 Å². The molecule has 0 saturated carbocycles. The summed E-state index contributed by atoms with van der Waals surface area (Å²) >= 11 is 6.57. The Bertz CT molecular complexity index is 1220. The highest BCUT2D eigenvalue weighted by molar-refractivity contribution is 6.32. The van der Waals surface area contributed by atoms with Crippen molar-refractivity contribution in [2.75, 3.05) is 0 Å². The second-order valence-corrected chi connectivity index (χ2v) is 8.19. The van der Waals surface area contributed by atoms with E-state index in [-0.39, 0.29) is 0 Å². The third-order valence-corrected chi connectivity index (χ3v) is 6.08. The van der Waals surface area contributed by atoms with Gasteiger partial charge in [0, 0.05) is 16.7 Å². The summed E-state index contributed by atoms with van der Waals surface area (Å²) in [5, 5.41) is 5.73. The average molecular weight is 401 g/mol. The zero-order valence-electron chi connectivity index (χ0n) is 17.5. The highest BCUT2D eigenvalue weighted by Gasteiger charge is 2.20. The maximum Gasteiger partial charge on any atom is 0.0963 e. The molecular weight excluding hydrogens is 376 g/mol. The van der Waals surface area contributed by atoms with Gasteiger partial charge in [-0.3, -0.25) is 0 Å². The summed E-state index contributed by atoms with van der Waals surface area (Å²) in [6.45, 7) is 10.7. The zero-order chi connectivity index (χ0) is 20.7. The topological polar surface area (TPSA) is 17.8 Å². The van der Waals surface area contributed by atoms with E-state index in [0.717, 1.165) is 33.8 Å². The van der Waals surface area contributed by atoms with Crippen LogP contribution in [0.2, 0.25) is 5.02 Å². The van der Waals surface area contributed by atoms with Crippen molar-refractivity contribution >= 4 is 11.6 Å². The van der Waals surface area contributed by atoms with Gasteiger partial charge < -0.3 is 0 Å². The summed E-state index contributed by atoms with van der Waals surface area (Å²) in [5.74, 6) is 0. The van der Waals surface area contributed by atoms with E-state index in [0.29, 0.717) is 5.02 Å². The minimum Gasteiger partial charge on any atom is -0.231 e. The fraction of sp³-hybridized carbons (Fsp3) is 0.192. The molecule has 0 unspecified atom stereocenters. The molecule has 3 heteroatoms. The Kier molecular flexibility index (Phi) is 5.06. The number of aryl methyl sites for hydroxylation is 4. The van der Waals surface area contributed by atoms with Crippen LogP contribution in [0.5, 0.6) is 0 Å². The largest absolute Gasteiger partial charge is 0.231 e. The maximum absolute atomic E-state index is 6.57. The van der Waals surface area contributed by atoms with Crippen molar-refractivity contribution in [2.45, 2.75) is 34.6 Å². The molecule has 0 aliphatic rings. The third-order valence-electron chi connectivity index (χ3n) is 5.76. The van der Waals surface area contributed by atoms with Crippen LogP contribution < -0.4 is 0 Å². The Morgan fingerprint density at radius 3 is 1.90 bits per heavy atom. The van der Waals surface area contributed by atoms with Crippen LogP contribution in [0, 0.1) is 34.6 Å². The van der Waals surface area contributed by atoms with Crippen LogP contribution in [-0.4, -0.2) is 9.78 Å². The molecule has 4 aromatic rings. The Morgan fingerprint density at radius 1 is 0.690 bits per heavy atom. The van der Waals surface area contributed by atoms with Gasteiger partial charge in [-0.2, -0.15) is 5.10 Å². The number of halogens is 1. The SMILES string of the molecule is Cc1ccc(-c2nn(-c3ccccc3Cl)c(-c3ccc(C)c(C)c3)c2C)cc1C. The molecule has 0 atom stereocenters. The molecule has 0 radical (unpaired) electrons. The van der Waals surface area contributed by atoms with Gasteiger partial charge in [0.05, 0.1) is 22.1 Å². The van der Waals surface area contributed by atoms with Crippen LogP contribution >= 0.6 is 11.6 Å². The molecule has 0 fully saturated rings. The summed E-state index contributed by atoms with van der Waals surface area (Å²) in [6.07, 6.45) is 0. The third kappa shape index (κ3) is 3.49. The monoisotopic (exact) mass is 400 g/mol. The van der Waals surface area contributed by atoms with E-state index in [1.165, 1.54) is 22.3 Å². The Hall–Kier alpha value is -2.84. The van der Waals surface area contributed by atoms with Gasteiger partial charge in [-0.25, -0.2) is 4.68 Å². The van der Waals surface area contributed by atoms with E-state index in [1.807, 2.05) is 28.9 Å². The van der Waals surface area contributed by atoms with Crippen LogP contribution in [0.25, 0.3) is 28.2 Å². The molecule has 0 aliphatic carbocycles. The Labute approximate surface area is 177 Å². The van der Waals surface area contributed by atoms with E-state index in [4.69, 9.17) is 16.7 Å². The van der Waals surface area contributed by atoms with Crippen molar-refractivity contribution in [3.63, 3.8) is 0 Å². The molecule has 0 bridgehead atoms. The van der Waals surface area contributed by atoms with Gasteiger partial charge >= 0.3 is 0 Å². The summed E-state index contributed by atoms with van der Waals surface area (Å²) in [7, 11) is 0. The lowest BCUT2D eigenvalue weighted by atomic mass is 9.98. The number of para-hydroxylation sites is 1. The van der Waals surface area contributed by atoms with Crippen LogP contribution in [0.15, 0.2) is 60.7 Å². The summed E-state index contributed by atoms with van der Waals surface area (Å²) < 4.78 is 1.99. The lowest BCUT2D eigenvalue weighted by Crippen LogP contribution is -2.01. The number of benzene rings is 3. The highest BCUT2D eigenvalue weighted by Crippen LogP contribution is 2.36. The maximum atomic E-state index is 6.57. The number of hydrogen-bond acceptors (Lipinski definition) is 1. The fourth-order valence-electron chi connectivity index (χ4n) is 3.68. The van der Waals surface area contributed by atoms with Crippen molar-refractivity contribution in [3.05, 3.63) is 93.5 Å². The molecule has 1 aromatic heterocycles. The predicted octanol–water partition coefficient (Wildman–Crippen LogP) is 7.40. The van der Waals surface area contributed by atoms with Crippen LogP contribution in [0.4, 0.5) is 0 Å². The fourth-order valence-corrected chi connectivity index (χ4v) is 3.90. The predicted molar refractivity (Wildman–Crippen MR) is 123 cm³/mol. The minimum atomic E-state index is 0.687. The van der Waals surface area contributed by atoms with Gasteiger partial charge in [0.1, 0.15) is 0 Å². The van der Waals surface area contributed by atoms with Gasteiger partial charge in [-0.15, -0.1) is 0 Å². The first-order valence-corrected chi connectivity index (χ1v) is 10.2. The molecule has 3 aromatic carbocycles. The first kappa shape index (κ1) is 19.5. The van der Waals surface area contributed by atoms with Gasteiger partial charge in [0.25, 0.3) is 0 Å². The molecule has 0 saturated heterocycles. The number of nitrogens with zero attached hydrogens (tertiary/aromatic N) is 2. The van der Waals surface area contributed by atoms with Gasteiger partial charge in [0.15, 0.2) is 0 Å². The number of rotatable bonds is 3. The number of aromatic nitrogens is 2. The van der Waals surface area contributed by atoms with Gasteiger partial charge in [-0.05, 0) is 81.1 Å². The molecule has 0 N–H and O–H groups in total. The van der Waals surface area contributed by atoms with E-state index >= 15 is 0 Å². The standard InChI is InChI=1S/C26H25ClN2/c1-16-10-12-21(14-18(16)3)25-20(5)26(22-13-11-17(2)19(4)15-22)29(28-25)24-9-7-6-8-23(24)27/h6-15H,1-5H3. The molecule has 1 heterocycles. The molecule has 0 spiro atoms.